The van der Waals surface area contributed by atoms with Crippen molar-refractivity contribution in [3.63, 3.8) is 0 Å². The molecule has 8 N–H and O–H groups in total. The van der Waals surface area contributed by atoms with Crippen LogP contribution >= 0.6 is 0 Å². The molecule has 0 aliphatic rings. The summed E-state index contributed by atoms with van der Waals surface area (Å²) >= 11 is 0. The second-order valence-electron chi connectivity index (χ2n) is 9.61. The molecule has 4 atom stereocenters. The Kier molecular flexibility index (Phi) is 10.9. The molecule has 0 bridgehead atoms. The smallest absolute Gasteiger partial charge is 0.326 e. The predicted octanol–water partition coefficient (Wildman–Crippen LogP) is 1.90. The number of amides is 3. The fourth-order valence-electron chi connectivity index (χ4n) is 4.04. The molecule has 0 aliphatic carbocycles. The van der Waals surface area contributed by atoms with E-state index < -0.39 is 42.0 Å². The second kappa shape index (κ2) is 14.6. The topological polar surface area (TPSA) is 177 Å². The van der Waals surface area contributed by atoms with Gasteiger partial charge in [0.25, 0.3) is 0 Å². The number of hydrogen-bond donors (Lipinski definition) is 6. The fraction of sp³-hybridized carbons (Fsp3) is 0.267. The fourth-order valence-corrected chi connectivity index (χ4v) is 4.04. The summed E-state index contributed by atoms with van der Waals surface area (Å²) in [7, 11) is 0. The van der Waals surface area contributed by atoms with E-state index in [1.165, 1.54) is 0 Å². The van der Waals surface area contributed by atoms with E-state index in [-0.39, 0.29) is 18.7 Å². The average molecular weight is 546 g/mol. The SMILES string of the molecule is C[C@H](N)C(=O)Nc1ccc(C(CC(=O)N[C@@H](Cc2ccccc2)C(=O)O)NC(=O)[C@@H](N)Cc2ccccc2)cc1. The van der Waals surface area contributed by atoms with Crippen molar-refractivity contribution in [1.29, 1.82) is 0 Å². The Morgan fingerprint density at radius 3 is 1.82 bits per heavy atom. The quantitative estimate of drug-likeness (QED) is 0.190. The maximum Gasteiger partial charge on any atom is 0.326 e. The number of carboxylic acid groups (broad SMARTS) is 1. The molecule has 0 aliphatic heterocycles. The molecule has 10 heteroatoms. The van der Waals surface area contributed by atoms with Gasteiger partial charge in [-0.3, -0.25) is 14.4 Å². The molecule has 10 nitrogen and oxygen atoms in total. The third-order valence-electron chi connectivity index (χ3n) is 6.25. The lowest BCUT2D eigenvalue weighted by atomic mass is 10.00. The van der Waals surface area contributed by atoms with Gasteiger partial charge in [0.2, 0.25) is 17.7 Å². The van der Waals surface area contributed by atoms with Gasteiger partial charge in [-0.25, -0.2) is 4.79 Å². The molecule has 40 heavy (non-hydrogen) atoms. The Labute approximate surface area is 233 Å². The van der Waals surface area contributed by atoms with Crippen molar-refractivity contribution >= 4 is 29.4 Å². The molecule has 3 amide bonds. The van der Waals surface area contributed by atoms with Gasteiger partial charge in [-0.1, -0.05) is 72.8 Å². The highest BCUT2D eigenvalue weighted by molar-refractivity contribution is 5.94. The first-order chi connectivity index (χ1) is 19.1. The minimum Gasteiger partial charge on any atom is -0.480 e. The Balaban J connectivity index is 1.75. The van der Waals surface area contributed by atoms with Crippen molar-refractivity contribution in [3.8, 4) is 0 Å². The van der Waals surface area contributed by atoms with E-state index >= 15 is 0 Å². The van der Waals surface area contributed by atoms with Crippen LogP contribution in [0.25, 0.3) is 0 Å². The van der Waals surface area contributed by atoms with Gasteiger partial charge in [0.05, 0.1) is 24.5 Å². The molecule has 210 valence electrons. The maximum atomic E-state index is 13.0. The van der Waals surface area contributed by atoms with Crippen LogP contribution in [-0.4, -0.2) is 46.9 Å². The van der Waals surface area contributed by atoms with Crippen LogP contribution in [-0.2, 0) is 32.0 Å². The van der Waals surface area contributed by atoms with E-state index in [0.29, 0.717) is 17.7 Å². The number of carboxylic acids is 1. The highest BCUT2D eigenvalue weighted by Crippen LogP contribution is 2.21. The first-order valence-electron chi connectivity index (χ1n) is 12.9. The summed E-state index contributed by atoms with van der Waals surface area (Å²) in [6.07, 6.45) is 0.175. The normalized spacial score (nSPS) is 13.8. The summed E-state index contributed by atoms with van der Waals surface area (Å²) in [5.41, 5.74) is 14.5. The van der Waals surface area contributed by atoms with E-state index in [2.05, 4.69) is 16.0 Å². The van der Waals surface area contributed by atoms with Gasteiger partial charge in [-0.15, -0.1) is 0 Å². The van der Waals surface area contributed by atoms with Gasteiger partial charge in [0.1, 0.15) is 6.04 Å². The monoisotopic (exact) mass is 545 g/mol. The lowest BCUT2D eigenvalue weighted by molar-refractivity contribution is -0.142. The van der Waals surface area contributed by atoms with Crippen molar-refractivity contribution in [3.05, 3.63) is 102 Å². The van der Waals surface area contributed by atoms with Gasteiger partial charge >= 0.3 is 5.97 Å². The zero-order valence-electron chi connectivity index (χ0n) is 22.2. The zero-order valence-corrected chi connectivity index (χ0v) is 22.2. The van der Waals surface area contributed by atoms with Crippen molar-refractivity contribution in [2.24, 2.45) is 11.5 Å². The molecule has 0 aromatic heterocycles. The van der Waals surface area contributed by atoms with E-state index in [4.69, 9.17) is 11.5 Å². The Hall–Kier alpha value is -4.54. The summed E-state index contributed by atoms with van der Waals surface area (Å²) in [6.45, 7) is 1.56. The van der Waals surface area contributed by atoms with Gasteiger partial charge < -0.3 is 32.5 Å². The number of aliphatic carboxylic acids is 1. The third kappa shape index (κ3) is 9.33. The minimum atomic E-state index is -1.17. The Morgan fingerprint density at radius 1 is 0.750 bits per heavy atom. The number of carbonyl (C=O) groups is 4. The van der Waals surface area contributed by atoms with Crippen LogP contribution in [0.4, 0.5) is 5.69 Å². The molecule has 3 rings (SSSR count). The van der Waals surface area contributed by atoms with Crippen molar-refractivity contribution < 1.29 is 24.3 Å². The molecule has 3 aromatic carbocycles. The van der Waals surface area contributed by atoms with Crippen LogP contribution in [0, 0.1) is 0 Å². The zero-order chi connectivity index (χ0) is 29.1. The lowest BCUT2D eigenvalue weighted by Gasteiger charge is -2.23. The highest BCUT2D eigenvalue weighted by atomic mass is 16.4. The van der Waals surface area contributed by atoms with E-state index in [1.54, 1.807) is 55.5 Å². The molecular weight excluding hydrogens is 510 g/mol. The van der Waals surface area contributed by atoms with Gasteiger partial charge in [0.15, 0.2) is 0 Å². The molecule has 0 saturated carbocycles. The molecule has 0 saturated heterocycles. The number of hydrogen-bond acceptors (Lipinski definition) is 6. The number of anilines is 1. The first kappa shape index (κ1) is 30.0. The van der Waals surface area contributed by atoms with Crippen LogP contribution in [0.15, 0.2) is 84.9 Å². The summed E-state index contributed by atoms with van der Waals surface area (Å²) in [5.74, 6) is -2.55. The molecular formula is C30H35N5O5. The first-order valence-corrected chi connectivity index (χ1v) is 12.9. The molecule has 3 aromatic rings. The van der Waals surface area contributed by atoms with Crippen LogP contribution < -0.4 is 27.4 Å². The van der Waals surface area contributed by atoms with E-state index in [9.17, 15) is 24.3 Å². The summed E-state index contributed by atoms with van der Waals surface area (Å²) in [4.78, 5) is 49.9. The Morgan fingerprint density at radius 2 is 1.30 bits per heavy atom. The Bertz CT molecular complexity index is 1280. The van der Waals surface area contributed by atoms with E-state index in [0.717, 1.165) is 11.1 Å². The number of benzene rings is 3. The molecule has 1 unspecified atom stereocenters. The third-order valence-corrected chi connectivity index (χ3v) is 6.25. The largest absolute Gasteiger partial charge is 0.480 e. The van der Waals surface area contributed by atoms with Crippen molar-refractivity contribution in [2.75, 3.05) is 5.32 Å². The van der Waals surface area contributed by atoms with Gasteiger partial charge in [-0.05, 0) is 42.2 Å². The summed E-state index contributed by atoms with van der Waals surface area (Å²) in [5, 5.41) is 17.8. The van der Waals surface area contributed by atoms with Crippen LogP contribution in [0.5, 0.6) is 0 Å². The number of rotatable bonds is 13. The number of nitrogens with one attached hydrogen (secondary N) is 3. The molecule has 0 radical (unpaired) electrons. The summed E-state index contributed by atoms with van der Waals surface area (Å²) in [6, 6.07) is 21.3. The van der Waals surface area contributed by atoms with Crippen molar-refractivity contribution in [2.45, 2.75) is 50.4 Å². The standard InChI is InChI=1S/C30H35N5O5/c1-19(31)28(37)33-23-14-12-22(13-15-23)25(35-29(38)24(32)16-20-8-4-2-5-9-20)18-27(36)34-26(30(39)40)17-21-10-6-3-7-11-21/h2-15,19,24-26H,16-18,31-32H2,1H3,(H,33,37)(H,34,36)(H,35,38)(H,39,40)/t19-,24-,25?,26-/m0/s1. The second-order valence-corrected chi connectivity index (χ2v) is 9.61. The van der Waals surface area contributed by atoms with Crippen LogP contribution in [0.2, 0.25) is 0 Å². The lowest BCUT2D eigenvalue weighted by Crippen LogP contribution is -2.46. The van der Waals surface area contributed by atoms with Crippen molar-refractivity contribution in [1.82, 2.24) is 10.6 Å². The average Bonchev–Trinajstić information content (AvgIpc) is 2.93. The molecule has 0 heterocycles. The van der Waals surface area contributed by atoms with Gasteiger partial charge in [0, 0.05) is 12.1 Å². The van der Waals surface area contributed by atoms with E-state index in [1.807, 2.05) is 36.4 Å². The highest BCUT2D eigenvalue weighted by Gasteiger charge is 2.26. The molecule has 0 spiro atoms. The minimum absolute atomic E-state index is 0.106. The van der Waals surface area contributed by atoms with Crippen LogP contribution in [0.1, 0.15) is 36.1 Å². The number of carbonyl (C=O) groups excluding carboxylic acids is 3. The summed E-state index contributed by atoms with van der Waals surface area (Å²) < 4.78 is 0. The predicted molar refractivity (Wildman–Crippen MR) is 152 cm³/mol. The maximum absolute atomic E-state index is 13.0. The number of nitrogens with two attached hydrogens (primary N) is 2. The van der Waals surface area contributed by atoms with Crippen LogP contribution in [0.3, 0.4) is 0 Å². The molecule has 0 fully saturated rings. The van der Waals surface area contributed by atoms with Gasteiger partial charge in [-0.2, -0.15) is 0 Å².